The molecule has 0 bridgehead atoms. The third-order valence-electron chi connectivity index (χ3n) is 5.35. The first-order valence-electron chi connectivity index (χ1n) is 10.4. The molecular formula is C25H28N2O2S. The average molecular weight is 421 g/mol. The number of benzene rings is 2. The highest BCUT2D eigenvalue weighted by Crippen LogP contribution is 2.26. The highest BCUT2D eigenvalue weighted by atomic mass is 32.1. The highest BCUT2D eigenvalue weighted by Gasteiger charge is 2.22. The van der Waals surface area contributed by atoms with E-state index in [-0.39, 0.29) is 24.2 Å². The molecule has 0 aliphatic carbocycles. The van der Waals surface area contributed by atoms with Crippen LogP contribution < -0.4 is 5.32 Å². The smallest absolute Gasteiger partial charge is 0.252 e. The van der Waals surface area contributed by atoms with Crippen LogP contribution in [0, 0.1) is 0 Å². The van der Waals surface area contributed by atoms with Crippen molar-refractivity contribution in [1.82, 2.24) is 10.2 Å². The van der Waals surface area contributed by atoms with Crippen molar-refractivity contribution in [2.45, 2.75) is 38.6 Å². The molecule has 5 heteroatoms. The third-order valence-corrected chi connectivity index (χ3v) is 6.29. The fourth-order valence-electron chi connectivity index (χ4n) is 4.07. The van der Waals surface area contributed by atoms with Gasteiger partial charge in [-0.05, 0) is 48.6 Å². The quantitative estimate of drug-likeness (QED) is 0.618. The maximum Gasteiger partial charge on any atom is 0.252 e. The lowest BCUT2D eigenvalue weighted by Gasteiger charge is -2.35. The lowest BCUT2D eigenvalue weighted by Crippen LogP contribution is -2.44. The van der Waals surface area contributed by atoms with Gasteiger partial charge < -0.3 is 10.1 Å². The summed E-state index contributed by atoms with van der Waals surface area (Å²) < 4.78 is 5.81. The van der Waals surface area contributed by atoms with Crippen LogP contribution in [0.3, 0.4) is 0 Å². The molecule has 1 amide bonds. The monoisotopic (exact) mass is 420 g/mol. The van der Waals surface area contributed by atoms with Crippen LogP contribution >= 0.6 is 11.3 Å². The van der Waals surface area contributed by atoms with Crippen LogP contribution in [0.4, 0.5) is 0 Å². The number of ether oxygens (including phenoxy) is 1. The molecule has 1 saturated heterocycles. The molecule has 4 rings (SSSR count). The fraction of sp³-hybridized carbons (Fsp3) is 0.320. The maximum absolute atomic E-state index is 13.0. The van der Waals surface area contributed by atoms with Crippen LogP contribution in [-0.2, 0) is 11.3 Å². The van der Waals surface area contributed by atoms with Crippen molar-refractivity contribution in [1.29, 1.82) is 0 Å². The summed E-state index contributed by atoms with van der Waals surface area (Å²) in [7, 11) is 0. The summed E-state index contributed by atoms with van der Waals surface area (Å²) in [6.45, 7) is 6.99. The zero-order valence-electron chi connectivity index (χ0n) is 17.5. The lowest BCUT2D eigenvalue weighted by atomic mass is 10.0. The van der Waals surface area contributed by atoms with Crippen molar-refractivity contribution < 1.29 is 9.53 Å². The summed E-state index contributed by atoms with van der Waals surface area (Å²) in [4.78, 5) is 16.5. The van der Waals surface area contributed by atoms with E-state index in [1.54, 1.807) is 11.3 Å². The van der Waals surface area contributed by atoms with E-state index in [1.165, 1.54) is 5.56 Å². The van der Waals surface area contributed by atoms with Gasteiger partial charge in [0.2, 0.25) is 0 Å². The summed E-state index contributed by atoms with van der Waals surface area (Å²) in [5.41, 5.74) is 2.98. The first-order valence-corrected chi connectivity index (χ1v) is 11.3. The number of rotatable bonds is 6. The molecule has 1 N–H and O–H groups in total. The summed E-state index contributed by atoms with van der Waals surface area (Å²) in [5.74, 6) is -0.0579. The molecule has 3 atom stereocenters. The van der Waals surface area contributed by atoms with Gasteiger partial charge in [0.1, 0.15) is 0 Å². The molecule has 0 radical (unpaired) electrons. The standard InChI is InChI=1S/C25H28N2O2S/c1-18-15-27(16-19(2)29-18)17-20-10-12-22(13-11-20)25(28)26-24(23-9-6-14-30-23)21-7-4-3-5-8-21/h3-14,18-19,24H,15-17H2,1-2H3,(H,26,28). The van der Waals surface area contributed by atoms with Crippen LogP contribution in [0.1, 0.15) is 46.3 Å². The second kappa shape index (κ2) is 9.56. The maximum atomic E-state index is 13.0. The van der Waals surface area contributed by atoms with Crippen LogP contribution in [-0.4, -0.2) is 36.1 Å². The minimum Gasteiger partial charge on any atom is -0.373 e. The largest absolute Gasteiger partial charge is 0.373 e. The number of morpholine rings is 1. The number of amides is 1. The van der Waals surface area contributed by atoms with Crippen molar-refractivity contribution in [2.24, 2.45) is 0 Å². The van der Waals surface area contributed by atoms with Gasteiger partial charge in [-0.3, -0.25) is 9.69 Å². The molecule has 3 aromatic rings. The Kier molecular flexibility index (Phi) is 6.62. The van der Waals surface area contributed by atoms with Crippen molar-refractivity contribution in [3.05, 3.63) is 93.7 Å². The van der Waals surface area contributed by atoms with Gasteiger partial charge in [-0.25, -0.2) is 0 Å². The Hall–Kier alpha value is -2.47. The Balaban J connectivity index is 1.44. The summed E-state index contributed by atoms with van der Waals surface area (Å²) in [6.07, 6.45) is 0.511. The van der Waals surface area contributed by atoms with Gasteiger partial charge in [0.05, 0.1) is 18.2 Å². The second-order valence-electron chi connectivity index (χ2n) is 7.98. The minimum atomic E-state index is -0.144. The van der Waals surface area contributed by atoms with E-state index in [1.807, 2.05) is 41.8 Å². The van der Waals surface area contributed by atoms with E-state index in [4.69, 9.17) is 4.74 Å². The molecule has 2 heterocycles. The van der Waals surface area contributed by atoms with Gasteiger partial charge in [0.25, 0.3) is 5.91 Å². The van der Waals surface area contributed by atoms with Gasteiger partial charge >= 0.3 is 0 Å². The van der Waals surface area contributed by atoms with Crippen molar-refractivity contribution in [3.63, 3.8) is 0 Å². The summed E-state index contributed by atoms with van der Waals surface area (Å²) in [5, 5.41) is 5.25. The van der Waals surface area contributed by atoms with Gasteiger partial charge in [-0.1, -0.05) is 48.5 Å². The van der Waals surface area contributed by atoms with Crippen LogP contribution in [0.25, 0.3) is 0 Å². The number of thiophene rings is 1. The van der Waals surface area contributed by atoms with Crippen molar-refractivity contribution in [2.75, 3.05) is 13.1 Å². The fourth-order valence-corrected chi connectivity index (χ4v) is 4.87. The van der Waals surface area contributed by atoms with E-state index >= 15 is 0 Å². The Morgan fingerprint density at radius 3 is 2.37 bits per heavy atom. The zero-order chi connectivity index (χ0) is 20.9. The molecule has 1 aliphatic rings. The molecule has 0 saturated carbocycles. The van der Waals surface area contributed by atoms with Gasteiger partial charge in [-0.2, -0.15) is 0 Å². The minimum absolute atomic E-state index is 0.0579. The number of nitrogens with zero attached hydrogens (tertiary/aromatic N) is 1. The molecular weight excluding hydrogens is 392 g/mol. The Morgan fingerprint density at radius 1 is 1.03 bits per heavy atom. The topological polar surface area (TPSA) is 41.6 Å². The molecule has 1 aliphatic heterocycles. The second-order valence-corrected chi connectivity index (χ2v) is 8.96. The molecule has 4 nitrogen and oxygen atoms in total. The van der Waals surface area contributed by atoms with E-state index in [0.29, 0.717) is 5.56 Å². The zero-order valence-corrected chi connectivity index (χ0v) is 18.3. The number of hydrogen-bond acceptors (Lipinski definition) is 4. The predicted octanol–water partition coefficient (Wildman–Crippen LogP) is 4.88. The molecule has 2 aromatic carbocycles. The molecule has 30 heavy (non-hydrogen) atoms. The van der Waals surface area contributed by atoms with Crippen LogP contribution in [0.15, 0.2) is 72.1 Å². The normalized spacial score (nSPS) is 20.6. The van der Waals surface area contributed by atoms with Crippen molar-refractivity contribution in [3.8, 4) is 0 Å². The van der Waals surface area contributed by atoms with Crippen LogP contribution in [0.5, 0.6) is 0 Å². The number of carbonyl (C=O) groups excluding carboxylic acids is 1. The van der Waals surface area contributed by atoms with Gasteiger partial charge in [0, 0.05) is 30.1 Å². The summed E-state index contributed by atoms with van der Waals surface area (Å²) >= 11 is 1.65. The Labute approximate surface area is 182 Å². The first kappa shape index (κ1) is 20.8. The van der Waals surface area contributed by atoms with Gasteiger partial charge in [-0.15, -0.1) is 11.3 Å². The van der Waals surface area contributed by atoms with Gasteiger partial charge in [0.15, 0.2) is 0 Å². The molecule has 0 spiro atoms. The van der Waals surface area contributed by atoms with E-state index < -0.39 is 0 Å². The third kappa shape index (κ3) is 5.17. The lowest BCUT2D eigenvalue weighted by molar-refractivity contribution is -0.0704. The Bertz CT molecular complexity index is 931. The van der Waals surface area contributed by atoms with E-state index in [9.17, 15) is 4.79 Å². The first-order chi connectivity index (χ1) is 14.6. The molecule has 3 unspecified atom stereocenters. The van der Waals surface area contributed by atoms with E-state index in [0.717, 1.165) is 30.1 Å². The Morgan fingerprint density at radius 2 is 1.73 bits per heavy atom. The summed E-state index contributed by atoms with van der Waals surface area (Å²) in [6, 6.07) is 22.0. The number of hydrogen-bond donors (Lipinski definition) is 1. The SMILES string of the molecule is CC1CN(Cc2ccc(C(=O)NC(c3ccccc3)c3cccs3)cc2)CC(C)O1. The average Bonchev–Trinajstić information content (AvgIpc) is 3.27. The predicted molar refractivity (Wildman–Crippen MR) is 122 cm³/mol. The molecule has 156 valence electrons. The number of carbonyl (C=O) groups is 1. The van der Waals surface area contributed by atoms with Crippen molar-refractivity contribution >= 4 is 17.2 Å². The molecule has 1 fully saturated rings. The number of nitrogens with one attached hydrogen (secondary N) is 1. The van der Waals surface area contributed by atoms with Crippen LogP contribution in [0.2, 0.25) is 0 Å². The molecule has 1 aromatic heterocycles. The van der Waals surface area contributed by atoms with E-state index in [2.05, 4.69) is 54.4 Å². The highest BCUT2D eigenvalue weighted by molar-refractivity contribution is 7.10.